The lowest BCUT2D eigenvalue weighted by molar-refractivity contribution is 0.0734. The largest absolute Gasteiger partial charge is 0.383 e. The van der Waals surface area contributed by atoms with Crippen LogP contribution in [0.15, 0.2) is 48.5 Å². The van der Waals surface area contributed by atoms with Crippen LogP contribution in [0.1, 0.15) is 31.8 Å². The van der Waals surface area contributed by atoms with E-state index in [4.69, 9.17) is 4.74 Å². The van der Waals surface area contributed by atoms with E-state index in [0.29, 0.717) is 30.8 Å². The summed E-state index contributed by atoms with van der Waals surface area (Å²) >= 11 is 0. The van der Waals surface area contributed by atoms with Crippen LogP contribution in [0.4, 0.5) is 0 Å². The second-order valence-corrected chi connectivity index (χ2v) is 6.07. The van der Waals surface area contributed by atoms with Gasteiger partial charge >= 0.3 is 0 Å². The molecule has 0 spiro atoms. The van der Waals surface area contributed by atoms with Gasteiger partial charge in [0.05, 0.1) is 6.61 Å². The van der Waals surface area contributed by atoms with Crippen LogP contribution in [0.2, 0.25) is 0 Å². The topological polar surface area (TPSA) is 58.6 Å². The summed E-state index contributed by atoms with van der Waals surface area (Å²) in [5, 5.41) is 2.76. The van der Waals surface area contributed by atoms with Gasteiger partial charge in [-0.25, -0.2) is 0 Å². The first-order chi connectivity index (χ1) is 12.2. The SMILES string of the molecule is COCCNC(=O)c1ccc(C(=O)N2CCc3ccccc3C2)cc1. The van der Waals surface area contributed by atoms with E-state index < -0.39 is 0 Å². The monoisotopic (exact) mass is 338 g/mol. The minimum atomic E-state index is -0.164. The fourth-order valence-corrected chi connectivity index (χ4v) is 2.98. The van der Waals surface area contributed by atoms with Gasteiger partial charge < -0.3 is 15.0 Å². The minimum Gasteiger partial charge on any atom is -0.383 e. The van der Waals surface area contributed by atoms with Crippen LogP contribution in [-0.4, -0.2) is 43.5 Å². The van der Waals surface area contributed by atoms with E-state index >= 15 is 0 Å². The first-order valence-electron chi connectivity index (χ1n) is 8.42. The van der Waals surface area contributed by atoms with Gasteiger partial charge in [-0.15, -0.1) is 0 Å². The molecule has 0 aromatic heterocycles. The molecule has 2 amide bonds. The van der Waals surface area contributed by atoms with Crippen LogP contribution in [0.5, 0.6) is 0 Å². The zero-order valence-electron chi connectivity index (χ0n) is 14.3. The van der Waals surface area contributed by atoms with Crippen molar-refractivity contribution in [2.75, 3.05) is 26.8 Å². The van der Waals surface area contributed by atoms with Crippen molar-refractivity contribution >= 4 is 11.8 Å². The van der Waals surface area contributed by atoms with Gasteiger partial charge in [-0.1, -0.05) is 24.3 Å². The summed E-state index contributed by atoms with van der Waals surface area (Å²) in [5.74, 6) is -0.163. The van der Waals surface area contributed by atoms with Gasteiger partial charge in [-0.2, -0.15) is 0 Å². The van der Waals surface area contributed by atoms with Gasteiger partial charge in [0.15, 0.2) is 0 Å². The lowest BCUT2D eigenvalue weighted by atomic mass is 9.99. The molecule has 0 saturated heterocycles. The van der Waals surface area contributed by atoms with E-state index in [0.717, 1.165) is 13.0 Å². The predicted molar refractivity (Wildman–Crippen MR) is 95.5 cm³/mol. The summed E-state index contributed by atoms with van der Waals surface area (Å²) in [5.41, 5.74) is 3.66. The average Bonchev–Trinajstić information content (AvgIpc) is 2.67. The van der Waals surface area contributed by atoms with E-state index in [1.165, 1.54) is 11.1 Å². The molecule has 0 radical (unpaired) electrons. The van der Waals surface area contributed by atoms with Crippen molar-refractivity contribution in [2.24, 2.45) is 0 Å². The number of carbonyl (C=O) groups is 2. The first kappa shape index (κ1) is 17.2. The van der Waals surface area contributed by atoms with Crippen molar-refractivity contribution in [3.8, 4) is 0 Å². The van der Waals surface area contributed by atoms with E-state index in [2.05, 4.69) is 17.4 Å². The zero-order valence-corrected chi connectivity index (χ0v) is 14.3. The fourth-order valence-electron chi connectivity index (χ4n) is 2.98. The number of nitrogens with one attached hydrogen (secondary N) is 1. The highest BCUT2D eigenvalue weighted by Crippen LogP contribution is 2.20. The van der Waals surface area contributed by atoms with Gasteiger partial charge in [0.2, 0.25) is 0 Å². The molecule has 5 heteroatoms. The zero-order chi connectivity index (χ0) is 17.6. The Bertz CT molecular complexity index is 756. The van der Waals surface area contributed by atoms with Crippen LogP contribution >= 0.6 is 0 Å². The lowest BCUT2D eigenvalue weighted by Crippen LogP contribution is -2.36. The number of nitrogens with zero attached hydrogens (tertiary/aromatic N) is 1. The molecule has 2 aromatic rings. The quantitative estimate of drug-likeness (QED) is 0.851. The Kier molecular flexibility index (Phi) is 5.46. The third-order valence-electron chi connectivity index (χ3n) is 4.40. The molecular formula is C20H22N2O3. The standard InChI is InChI=1S/C20H22N2O3/c1-25-13-11-21-19(23)16-6-8-17(9-7-16)20(24)22-12-10-15-4-2-3-5-18(15)14-22/h2-9H,10-14H2,1H3,(H,21,23). The van der Waals surface area contributed by atoms with Crippen molar-refractivity contribution in [1.29, 1.82) is 0 Å². The first-order valence-corrected chi connectivity index (χ1v) is 8.42. The normalized spacial score (nSPS) is 13.2. The van der Waals surface area contributed by atoms with E-state index in [1.54, 1.807) is 31.4 Å². The third kappa shape index (κ3) is 4.06. The van der Waals surface area contributed by atoms with Crippen LogP contribution in [0.3, 0.4) is 0 Å². The average molecular weight is 338 g/mol. The number of methoxy groups -OCH3 is 1. The van der Waals surface area contributed by atoms with Crippen LogP contribution < -0.4 is 5.32 Å². The Hall–Kier alpha value is -2.66. The summed E-state index contributed by atoms with van der Waals surface area (Å²) < 4.78 is 4.91. The Morgan fingerprint density at radius 1 is 1.04 bits per heavy atom. The Balaban J connectivity index is 1.64. The summed E-state index contributed by atoms with van der Waals surface area (Å²) in [4.78, 5) is 26.5. The number of hydrogen-bond acceptors (Lipinski definition) is 3. The fraction of sp³-hybridized carbons (Fsp3) is 0.300. The Labute approximate surface area is 147 Å². The number of fused-ring (bicyclic) bond motifs is 1. The molecule has 2 aromatic carbocycles. The van der Waals surface area contributed by atoms with Crippen molar-refractivity contribution in [3.05, 3.63) is 70.8 Å². The molecule has 3 rings (SSSR count). The molecule has 1 N–H and O–H groups in total. The van der Waals surface area contributed by atoms with Gasteiger partial charge in [0.1, 0.15) is 0 Å². The van der Waals surface area contributed by atoms with E-state index in [1.807, 2.05) is 17.0 Å². The van der Waals surface area contributed by atoms with Gasteiger partial charge in [0, 0.05) is 37.9 Å². The summed E-state index contributed by atoms with van der Waals surface area (Å²) in [7, 11) is 1.59. The second kappa shape index (κ2) is 7.94. The van der Waals surface area contributed by atoms with Crippen molar-refractivity contribution in [1.82, 2.24) is 10.2 Å². The molecule has 5 nitrogen and oxygen atoms in total. The van der Waals surface area contributed by atoms with Crippen LogP contribution in [0, 0.1) is 0 Å². The van der Waals surface area contributed by atoms with Gasteiger partial charge in [-0.05, 0) is 41.8 Å². The van der Waals surface area contributed by atoms with Gasteiger partial charge in [-0.3, -0.25) is 9.59 Å². The molecule has 130 valence electrons. The van der Waals surface area contributed by atoms with Crippen molar-refractivity contribution < 1.29 is 14.3 Å². The number of ether oxygens (including phenoxy) is 1. The Morgan fingerprint density at radius 2 is 1.72 bits per heavy atom. The molecule has 0 bridgehead atoms. The highest BCUT2D eigenvalue weighted by atomic mass is 16.5. The molecule has 0 saturated carbocycles. The second-order valence-electron chi connectivity index (χ2n) is 6.07. The molecule has 0 aliphatic carbocycles. The molecule has 0 fully saturated rings. The van der Waals surface area contributed by atoms with Crippen molar-refractivity contribution in [2.45, 2.75) is 13.0 Å². The number of benzene rings is 2. The molecule has 1 heterocycles. The maximum atomic E-state index is 12.7. The molecule has 1 aliphatic heterocycles. The number of rotatable bonds is 5. The smallest absolute Gasteiger partial charge is 0.254 e. The summed E-state index contributed by atoms with van der Waals surface area (Å²) in [6.07, 6.45) is 0.877. The number of carbonyl (C=O) groups excluding carboxylic acids is 2. The minimum absolute atomic E-state index is 0.000782. The van der Waals surface area contributed by atoms with E-state index in [9.17, 15) is 9.59 Å². The molecule has 1 aliphatic rings. The summed E-state index contributed by atoms with van der Waals surface area (Å²) in [6.45, 7) is 2.28. The van der Waals surface area contributed by atoms with E-state index in [-0.39, 0.29) is 11.8 Å². The molecule has 0 unspecified atom stereocenters. The number of amides is 2. The molecule has 0 atom stereocenters. The molecule has 25 heavy (non-hydrogen) atoms. The predicted octanol–water partition coefficient (Wildman–Crippen LogP) is 2.26. The van der Waals surface area contributed by atoms with Crippen molar-refractivity contribution in [3.63, 3.8) is 0 Å². The maximum absolute atomic E-state index is 12.7. The summed E-state index contributed by atoms with van der Waals surface area (Å²) in [6, 6.07) is 15.0. The Morgan fingerprint density at radius 3 is 2.44 bits per heavy atom. The maximum Gasteiger partial charge on any atom is 0.254 e. The molecular weight excluding hydrogens is 316 g/mol. The van der Waals surface area contributed by atoms with Crippen LogP contribution in [0.25, 0.3) is 0 Å². The number of hydrogen-bond donors (Lipinski definition) is 1. The highest BCUT2D eigenvalue weighted by molar-refractivity contribution is 5.97. The third-order valence-corrected chi connectivity index (χ3v) is 4.40. The van der Waals surface area contributed by atoms with Crippen LogP contribution in [-0.2, 0) is 17.7 Å². The van der Waals surface area contributed by atoms with Gasteiger partial charge in [0.25, 0.3) is 11.8 Å². The highest BCUT2D eigenvalue weighted by Gasteiger charge is 2.21. The lowest BCUT2D eigenvalue weighted by Gasteiger charge is -2.29.